The number of hydrogen-bond donors (Lipinski definition) is 3. The Morgan fingerprint density at radius 2 is 2.13 bits per heavy atom. The van der Waals surface area contributed by atoms with Gasteiger partial charge in [0.05, 0.1) is 0 Å². The van der Waals surface area contributed by atoms with Crippen LogP contribution in [0.2, 0.25) is 0 Å². The van der Waals surface area contributed by atoms with Crippen molar-refractivity contribution in [2.75, 3.05) is 6.54 Å². The molecule has 0 aromatic carbocycles. The highest BCUT2D eigenvalue weighted by molar-refractivity contribution is 6.14. The van der Waals surface area contributed by atoms with Crippen molar-refractivity contribution in [1.82, 2.24) is 15.6 Å². The van der Waals surface area contributed by atoms with Crippen molar-refractivity contribution in [1.29, 1.82) is 0 Å². The Labute approximate surface area is 84.7 Å². The molecule has 1 rings (SSSR count). The second-order valence-electron chi connectivity index (χ2n) is 2.89. The van der Waals surface area contributed by atoms with E-state index in [0.717, 1.165) is 4.90 Å². The predicted molar refractivity (Wildman–Crippen MR) is 46.8 cm³/mol. The molecule has 0 aromatic heterocycles. The number of rotatable bonds is 3. The highest BCUT2D eigenvalue weighted by Crippen LogP contribution is 2.03. The molecule has 0 spiro atoms. The van der Waals surface area contributed by atoms with E-state index in [4.69, 9.17) is 5.84 Å². The molecule has 8 heteroatoms. The molecule has 0 unspecified atom stereocenters. The maximum absolute atomic E-state index is 11.2. The summed E-state index contributed by atoms with van der Waals surface area (Å²) in [7, 11) is 0. The molecule has 4 N–H and O–H groups in total. The summed E-state index contributed by atoms with van der Waals surface area (Å²) < 4.78 is 0. The third kappa shape index (κ3) is 2.74. The van der Waals surface area contributed by atoms with E-state index in [0.29, 0.717) is 0 Å². The Hall–Kier alpha value is -1.96. The van der Waals surface area contributed by atoms with Gasteiger partial charge in [0.2, 0.25) is 17.7 Å². The first-order valence-electron chi connectivity index (χ1n) is 4.18. The largest absolute Gasteiger partial charge is 0.330 e. The molecule has 5 amide bonds. The van der Waals surface area contributed by atoms with Crippen LogP contribution in [-0.4, -0.2) is 35.2 Å². The lowest BCUT2D eigenvalue weighted by Gasteiger charge is -2.24. The molecule has 0 bridgehead atoms. The number of carbonyl (C=O) groups is 4. The molecular weight excluding hydrogens is 204 g/mol. The van der Waals surface area contributed by atoms with Gasteiger partial charge in [0.15, 0.2) is 0 Å². The van der Waals surface area contributed by atoms with Gasteiger partial charge in [-0.15, -0.1) is 0 Å². The van der Waals surface area contributed by atoms with Crippen LogP contribution in [0, 0.1) is 0 Å². The van der Waals surface area contributed by atoms with E-state index >= 15 is 0 Å². The van der Waals surface area contributed by atoms with Crippen molar-refractivity contribution in [2.45, 2.75) is 12.8 Å². The number of nitrogens with one attached hydrogen (secondary N) is 2. The fraction of sp³-hybridized carbons (Fsp3) is 0.429. The summed E-state index contributed by atoms with van der Waals surface area (Å²) in [5.41, 5.74) is 1.87. The standard InChI is InChI=1S/C7H10N4O4/c8-10-4(12)1-2-11-6(14)3-5(13)9-7(11)15/h1-3,8H2,(H,10,12)(H,9,13,15). The zero-order chi connectivity index (χ0) is 11.4. The smallest absolute Gasteiger partial charge is 0.294 e. The molecule has 1 heterocycles. The van der Waals surface area contributed by atoms with E-state index in [1.165, 1.54) is 0 Å². The van der Waals surface area contributed by atoms with E-state index in [9.17, 15) is 19.2 Å². The van der Waals surface area contributed by atoms with Crippen LogP contribution < -0.4 is 16.6 Å². The molecule has 8 nitrogen and oxygen atoms in total. The summed E-state index contributed by atoms with van der Waals surface area (Å²) in [4.78, 5) is 44.6. The molecule has 0 saturated carbocycles. The number of hydrazine groups is 1. The van der Waals surface area contributed by atoms with Crippen LogP contribution in [0.1, 0.15) is 12.8 Å². The van der Waals surface area contributed by atoms with Crippen molar-refractivity contribution >= 4 is 23.8 Å². The summed E-state index contributed by atoms with van der Waals surface area (Å²) >= 11 is 0. The van der Waals surface area contributed by atoms with Gasteiger partial charge in [-0.3, -0.25) is 30.0 Å². The number of nitrogens with zero attached hydrogens (tertiary/aromatic N) is 1. The summed E-state index contributed by atoms with van der Waals surface area (Å²) in [5.74, 6) is 3.08. The number of nitrogens with two attached hydrogens (primary N) is 1. The molecule has 0 aliphatic carbocycles. The molecule has 1 aliphatic heterocycles. The molecule has 1 fully saturated rings. The summed E-state index contributed by atoms with van der Waals surface area (Å²) in [6.07, 6.45) is -0.472. The van der Waals surface area contributed by atoms with Gasteiger partial charge in [0.1, 0.15) is 6.42 Å². The van der Waals surface area contributed by atoms with Crippen molar-refractivity contribution in [2.24, 2.45) is 5.84 Å². The summed E-state index contributed by atoms with van der Waals surface area (Å²) in [5, 5.41) is 1.97. The van der Waals surface area contributed by atoms with E-state index in [2.05, 4.69) is 0 Å². The van der Waals surface area contributed by atoms with Gasteiger partial charge < -0.3 is 0 Å². The maximum atomic E-state index is 11.2. The van der Waals surface area contributed by atoms with Gasteiger partial charge in [0.25, 0.3) is 0 Å². The number of urea groups is 1. The van der Waals surface area contributed by atoms with Gasteiger partial charge in [-0.1, -0.05) is 0 Å². The van der Waals surface area contributed by atoms with Crippen molar-refractivity contribution in [3.63, 3.8) is 0 Å². The Morgan fingerprint density at radius 1 is 1.47 bits per heavy atom. The minimum absolute atomic E-state index is 0.0934. The Bertz CT molecular complexity index is 307. The maximum Gasteiger partial charge on any atom is 0.330 e. The SMILES string of the molecule is NNC(=O)CCN1C(=O)CC(=O)NC1=O. The first kappa shape index (κ1) is 11.1. The monoisotopic (exact) mass is 214 g/mol. The van der Waals surface area contributed by atoms with Crippen molar-refractivity contribution < 1.29 is 19.2 Å². The number of imide groups is 2. The Morgan fingerprint density at radius 3 is 2.67 bits per heavy atom. The zero-order valence-electron chi connectivity index (χ0n) is 7.78. The summed E-state index contributed by atoms with van der Waals surface area (Å²) in [6.45, 7) is -0.0962. The Kier molecular flexibility index (Phi) is 3.34. The average Bonchev–Trinajstić information content (AvgIpc) is 2.15. The Balaban J connectivity index is 2.53. The molecule has 1 aliphatic rings. The molecule has 0 aromatic rings. The van der Waals surface area contributed by atoms with Crippen molar-refractivity contribution in [3.8, 4) is 0 Å². The second-order valence-corrected chi connectivity index (χ2v) is 2.89. The molecule has 82 valence electrons. The van der Waals surface area contributed by atoms with Gasteiger partial charge in [0, 0.05) is 13.0 Å². The summed E-state index contributed by atoms with van der Waals surface area (Å²) in [6, 6.07) is -0.805. The average molecular weight is 214 g/mol. The lowest BCUT2D eigenvalue weighted by Crippen LogP contribution is -2.53. The minimum Gasteiger partial charge on any atom is -0.294 e. The lowest BCUT2D eigenvalue weighted by atomic mass is 10.2. The van der Waals surface area contributed by atoms with E-state index in [1.807, 2.05) is 10.7 Å². The number of carbonyl (C=O) groups excluding carboxylic acids is 4. The lowest BCUT2D eigenvalue weighted by molar-refractivity contribution is -0.136. The van der Waals surface area contributed by atoms with E-state index in [-0.39, 0.29) is 19.4 Å². The molecule has 15 heavy (non-hydrogen) atoms. The fourth-order valence-corrected chi connectivity index (χ4v) is 1.09. The quantitative estimate of drug-likeness (QED) is 0.214. The van der Waals surface area contributed by atoms with E-state index < -0.39 is 23.8 Å². The van der Waals surface area contributed by atoms with Crippen LogP contribution >= 0.6 is 0 Å². The van der Waals surface area contributed by atoms with Gasteiger partial charge in [-0.2, -0.15) is 0 Å². The number of amides is 5. The topological polar surface area (TPSA) is 122 Å². The van der Waals surface area contributed by atoms with Gasteiger partial charge in [-0.05, 0) is 0 Å². The molecule has 1 saturated heterocycles. The van der Waals surface area contributed by atoms with Crippen LogP contribution in [0.4, 0.5) is 4.79 Å². The van der Waals surface area contributed by atoms with Crippen LogP contribution in [0.15, 0.2) is 0 Å². The van der Waals surface area contributed by atoms with Crippen LogP contribution in [0.5, 0.6) is 0 Å². The third-order valence-electron chi connectivity index (χ3n) is 1.83. The van der Waals surface area contributed by atoms with Gasteiger partial charge >= 0.3 is 6.03 Å². The highest BCUT2D eigenvalue weighted by Gasteiger charge is 2.30. The van der Waals surface area contributed by atoms with Crippen LogP contribution in [-0.2, 0) is 14.4 Å². The first-order chi connectivity index (χ1) is 7.04. The van der Waals surface area contributed by atoms with Crippen molar-refractivity contribution in [3.05, 3.63) is 0 Å². The normalized spacial score (nSPS) is 16.3. The van der Waals surface area contributed by atoms with Crippen LogP contribution in [0.25, 0.3) is 0 Å². The van der Waals surface area contributed by atoms with Gasteiger partial charge in [-0.25, -0.2) is 10.6 Å². The molecule has 0 atom stereocenters. The molecular formula is C7H10N4O4. The van der Waals surface area contributed by atoms with Crippen LogP contribution in [0.3, 0.4) is 0 Å². The number of hydrogen-bond acceptors (Lipinski definition) is 5. The number of barbiturate groups is 1. The molecule has 0 radical (unpaired) electrons. The fourth-order valence-electron chi connectivity index (χ4n) is 1.09. The predicted octanol–water partition coefficient (Wildman–Crippen LogP) is -2.17. The second kappa shape index (κ2) is 4.51. The highest BCUT2D eigenvalue weighted by atomic mass is 16.2. The minimum atomic E-state index is -0.805. The first-order valence-corrected chi connectivity index (χ1v) is 4.18. The zero-order valence-corrected chi connectivity index (χ0v) is 7.78. The third-order valence-corrected chi connectivity index (χ3v) is 1.83. The van der Waals surface area contributed by atoms with E-state index in [1.54, 1.807) is 0 Å².